The highest BCUT2D eigenvalue weighted by Crippen LogP contribution is 2.24. The average Bonchev–Trinajstić information content (AvgIpc) is 2.54. The van der Waals surface area contributed by atoms with Crippen molar-refractivity contribution >= 4 is 39.3 Å². The average molecular weight is 383 g/mol. The van der Waals surface area contributed by atoms with E-state index in [2.05, 4.69) is 16.6 Å². The molecule has 0 saturated carbocycles. The van der Waals surface area contributed by atoms with Crippen LogP contribution >= 0.6 is 23.2 Å². The summed E-state index contributed by atoms with van der Waals surface area (Å²) in [6.07, 6.45) is 4.00. The Kier molecular flexibility index (Phi) is 6.54. The molecule has 0 saturated heterocycles. The number of pyridine rings is 1. The molecule has 7 heteroatoms. The minimum atomic E-state index is -3.53. The van der Waals surface area contributed by atoms with Crippen molar-refractivity contribution in [2.45, 2.75) is 17.1 Å². The lowest BCUT2D eigenvalue weighted by molar-refractivity contribution is 0.595. The topological polar surface area (TPSA) is 59.4 Å². The minimum Gasteiger partial charge on any atom is -0.292 e. The second-order valence-corrected chi connectivity index (χ2v) is 7.73. The van der Waals surface area contributed by atoms with Gasteiger partial charge in [-0.15, -0.1) is 6.58 Å². The van der Waals surface area contributed by atoms with Crippen LogP contribution in [0.4, 0.5) is 0 Å². The van der Waals surface area contributed by atoms with Gasteiger partial charge < -0.3 is 0 Å². The zero-order chi connectivity index (χ0) is 17.6. The van der Waals surface area contributed by atoms with Crippen molar-refractivity contribution in [3.8, 4) is 0 Å². The number of nitrogens with zero attached hydrogens (tertiary/aromatic N) is 2. The lowest BCUT2D eigenvalue weighted by Gasteiger charge is -2.09. The second-order valence-electron chi connectivity index (χ2n) is 4.99. The molecule has 0 radical (unpaired) electrons. The SMILES string of the molecule is C=CCCN=Cc1c(CS(=O)(=O)c2ccccc2)cc(Cl)nc1Cl. The molecule has 0 aliphatic carbocycles. The van der Waals surface area contributed by atoms with E-state index in [9.17, 15) is 8.42 Å². The first kappa shape index (κ1) is 18.6. The monoisotopic (exact) mass is 382 g/mol. The largest absolute Gasteiger partial charge is 0.292 e. The molecule has 2 rings (SSSR count). The van der Waals surface area contributed by atoms with Gasteiger partial charge in [-0.25, -0.2) is 13.4 Å². The zero-order valence-corrected chi connectivity index (χ0v) is 15.2. The molecule has 126 valence electrons. The predicted molar refractivity (Wildman–Crippen MR) is 98.9 cm³/mol. The maximum atomic E-state index is 12.6. The van der Waals surface area contributed by atoms with Gasteiger partial charge in [0.15, 0.2) is 9.84 Å². The molecular formula is C17H16Cl2N2O2S. The smallest absolute Gasteiger partial charge is 0.182 e. The van der Waals surface area contributed by atoms with E-state index in [1.807, 2.05) is 0 Å². The number of aliphatic imine (C=N–C) groups is 1. The quantitative estimate of drug-likeness (QED) is 0.309. The first-order valence-electron chi connectivity index (χ1n) is 7.17. The van der Waals surface area contributed by atoms with Crippen molar-refractivity contribution in [1.29, 1.82) is 0 Å². The maximum absolute atomic E-state index is 12.6. The van der Waals surface area contributed by atoms with Gasteiger partial charge in [0.2, 0.25) is 0 Å². The van der Waals surface area contributed by atoms with E-state index in [1.165, 1.54) is 12.3 Å². The van der Waals surface area contributed by atoms with Crippen molar-refractivity contribution in [3.05, 3.63) is 70.5 Å². The number of aromatic nitrogens is 1. The number of benzene rings is 1. The molecule has 0 unspecified atom stereocenters. The van der Waals surface area contributed by atoms with E-state index in [-0.39, 0.29) is 21.0 Å². The van der Waals surface area contributed by atoms with E-state index >= 15 is 0 Å². The molecule has 1 aromatic heterocycles. The Morgan fingerprint density at radius 2 is 1.92 bits per heavy atom. The summed E-state index contributed by atoms with van der Waals surface area (Å²) in [4.78, 5) is 8.43. The molecule has 1 aromatic carbocycles. The van der Waals surface area contributed by atoms with Gasteiger partial charge in [-0.3, -0.25) is 4.99 Å². The van der Waals surface area contributed by atoms with Crippen LogP contribution in [0.5, 0.6) is 0 Å². The van der Waals surface area contributed by atoms with E-state index in [4.69, 9.17) is 23.2 Å². The zero-order valence-electron chi connectivity index (χ0n) is 12.8. The van der Waals surface area contributed by atoms with Crippen LogP contribution in [-0.4, -0.2) is 26.2 Å². The van der Waals surface area contributed by atoms with Crippen LogP contribution < -0.4 is 0 Å². The number of rotatable bonds is 7. The fourth-order valence-corrected chi connectivity index (χ4v) is 3.94. The molecule has 2 aromatic rings. The van der Waals surface area contributed by atoms with Crippen LogP contribution in [0.15, 0.2) is 58.9 Å². The highest BCUT2D eigenvalue weighted by molar-refractivity contribution is 7.90. The number of halogens is 2. The summed E-state index contributed by atoms with van der Waals surface area (Å²) in [5.41, 5.74) is 0.927. The van der Waals surface area contributed by atoms with Crippen LogP contribution in [0.2, 0.25) is 10.3 Å². The molecule has 4 nitrogen and oxygen atoms in total. The standard InChI is InChI=1S/C17H16Cl2N2O2S/c1-2-3-9-20-11-15-13(10-16(18)21-17(15)19)12-24(22,23)14-7-5-4-6-8-14/h2,4-8,10-11H,1,3,9,12H2. The van der Waals surface area contributed by atoms with Crippen molar-refractivity contribution in [3.63, 3.8) is 0 Å². The van der Waals surface area contributed by atoms with Crippen molar-refractivity contribution in [2.24, 2.45) is 4.99 Å². The third kappa shape index (κ3) is 4.90. The Morgan fingerprint density at radius 3 is 2.58 bits per heavy atom. The number of hydrogen-bond acceptors (Lipinski definition) is 4. The van der Waals surface area contributed by atoms with Crippen molar-refractivity contribution < 1.29 is 8.42 Å². The Balaban J connectivity index is 2.38. The summed E-state index contributed by atoms with van der Waals surface area (Å²) in [5, 5.41) is 0.268. The first-order valence-corrected chi connectivity index (χ1v) is 9.58. The molecule has 0 aliphatic rings. The van der Waals surface area contributed by atoms with Crippen LogP contribution in [0.3, 0.4) is 0 Å². The normalized spacial score (nSPS) is 11.8. The summed E-state index contributed by atoms with van der Waals surface area (Å²) in [7, 11) is -3.53. The summed E-state index contributed by atoms with van der Waals surface area (Å²) in [6, 6.07) is 9.73. The second kappa shape index (κ2) is 8.42. The lowest BCUT2D eigenvalue weighted by atomic mass is 10.2. The Labute approximate surface area is 151 Å². The van der Waals surface area contributed by atoms with E-state index in [0.29, 0.717) is 24.1 Å². The van der Waals surface area contributed by atoms with Gasteiger partial charge >= 0.3 is 0 Å². The predicted octanol–water partition coefficient (Wildman–Crippen LogP) is 4.36. The molecule has 0 amide bonds. The van der Waals surface area contributed by atoms with E-state index in [1.54, 1.807) is 36.4 Å². The van der Waals surface area contributed by atoms with E-state index < -0.39 is 9.84 Å². The molecular weight excluding hydrogens is 367 g/mol. The molecule has 0 bridgehead atoms. The third-order valence-corrected chi connectivity index (χ3v) is 5.36. The summed E-state index contributed by atoms with van der Waals surface area (Å²) >= 11 is 12.1. The molecule has 0 atom stereocenters. The van der Waals surface area contributed by atoms with Gasteiger partial charge in [0, 0.05) is 18.3 Å². The van der Waals surface area contributed by atoms with Crippen LogP contribution in [0.1, 0.15) is 17.5 Å². The van der Waals surface area contributed by atoms with Gasteiger partial charge in [0.25, 0.3) is 0 Å². The highest BCUT2D eigenvalue weighted by atomic mass is 35.5. The summed E-state index contributed by atoms with van der Waals surface area (Å²) in [6.45, 7) is 4.16. The molecule has 0 fully saturated rings. The van der Waals surface area contributed by atoms with E-state index in [0.717, 1.165) is 0 Å². The number of sulfone groups is 1. The fourth-order valence-electron chi connectivity index (χ4n) is 2.03. The molecule has 24 heavy (non-hydrogen) atoms. The van der Waals surface area contributed by atoms with Gasteiger partial charge in [0.1, 0.15) is 10.3 Å². The Bertz CT molecular complexity index is 850. The van der Waals surface area contributed by atoms with Crippen LogP contribution in [-0.2, 0) is 15.6 Å². The van der Waals surface area contributed by atoms with Gasteiger partial charge in [-0.05, 0) is 30.2 Å². The van der Waals surface area contributed by atoms with Crippen molar-refractivity contribution in [2.75, 3.05) is 6.54 Å². The summed E-state index contributed by atoms with van der Waals surface area (Å²) < 4.78 is 25.2. The lowest BCUT2D eigenvalue weighted by Crippen LogP contribution is -2.08. The molecule has 1 heterocycles. The molecule has 0 spiro atoms. The minimum absolute atomic E-state index is 0.128. The third-order valence-electron chi connectivity index (χ3n) is 3.20. The van der Waals surface area contributed by atoms with Crippen molar-refractivity contribution in [1.82, 2.24) is 4.98 Å². The van der Waals surface area contributed by atoms with Gasteiger partial charge in [-0.1, -0.05) is 47.5 Å². The van der Waals surface area contributed by atoms with Crippen LogP contribution in [0.25, 0.3) is 0 Å². The Morgan fingerprint density at radius 1 is 1.21 bits per heavy atom. The highest BCUT2D eigenvalue weighted by Gasteiger charge is 2.19. The maximum Gasteiger partial charge on any atom is 0.182 e. The fraction of sp³-hybridized carbons (Fsp3) is 0.176. The van der Waals surface area contributed by atoms with Gasteiger partial charge in [0.05, 0.1) is 10.6 Å². The first-order chi connectivity index (χ1) is 11.4. The molecule has 0 aliphatic heterocycles. The Hall–Kier alpha value is -1.69. The summed E-state index contributed by atoms with van der Waals surface area (Å²) in [5.74, 6) is -0.234. The number of hydrogen-bond donors (Lipinski definition) is 0. The van der Waals surface area contributed by atoms with Gasteiger partial charge in [-0.2, -0.15) is 0 Å². The molecule has 0 N–H and O–H groups in total. The van der Waals surface area contributed by atoms with Crippen LogP contribution in [0, 0.1) is 0 Å².